The summed E-state index contributed by atoms with van der Waals surface area (Å²) < 4.78 is 21.2. The zero-order chi connectivity index (χ0) is 10.4. The summed E-state index contributed by atoms with van der Waals surface area (Å²) in [6, 6.07) is 0. The van der Waals surface area contributed by atoms with Crippen LogP contribution in [0.3, 0.4) is 0 Å². The minimum Gasteiger partial charge on any atom is -0.467 e. The monoisotopic (exact) mass is 190 g/mol. The summed E-state index contributed by atoms with van der Waals surface area (Å²) >= 11 is 0. The molecule has 1 atom stereocenters. The predicted octanol–water partition coefficient (Wildman–Crippen LogP) is 0.617. The normalized spacial score (nSPS) is 11.6. The second-order valence-corrected chi connectivity index (χ2v) is 2.29. The number of ether oxygens (including phenoxy) is 2. The quantitative estimate of drug-likeness (QED) is 0.481. The molecule has 0 aromatic rings. The molecule has 0 aromatic carbocycles. The van der Waals surface area contributed by atoms with Crippen molar-refractivity contribution in [2.75, 3.05) is 14.2 Å². The van der Waals surface area contributed by atoms with Crippen LogP contribution in [0.1, 0.15) is 6.42 Å². The van der Waals surface area contributed by atoms with Gasteiger partial charge in [-0.05, 0) is 0 Å². The van der Waals surface area contributed by atoms with E-state index >= 15 is 0 Å². The van der Waals surface area contributed by atoms with E-state index in [1.54, 1.807) is 0 Å². The number of halogens is 1. The molecule has 0 aliphatic heterocycles. The van der Waals surface area contributed by atoms with E-state index in [4.69, 9.17) is 0 Å². The molecular formula is C8H11FO4. The van der Waals surface area contributed by atoms with Crippen molar-refractivity contribution in [3.05, 3.63) is 12.2 Å². The van der Waals surface area contributed by atoms with Gasteiger partial charge in [-0.25, -0.2) is 14.0 Å². The smallest absolute Gasteiger partial charge is 0.340 e. The Labute approximate surface area is 75.3 Å². The molecule has 1 unspecified atom stereocenters. The van der Waals surface area contributed by atoms with Crippen molar-refractivity contribution < 1.29 is 23.5 Å². The highest BCUT2D eigenvalue weighted by Gasteiger charge is 2.21. The number of carbonyl (C=O) groups is 2. The molecule has 0 aliphatic rings. The zero-order valence-electron chi connectivity index (χ0n) is 7.50. The molecule has 13 heavy (non-hydrogen) atoms. The number of carbonyl (C=O) groups excluding carboxylic acids is 2. The van der Waals surface area contributed by atoms with Gasteiger partial charge < -0.3 is 9.47 Å². The fraction of sp³-hybridized carbons (Fsp3) is 0.500. The van der Waals surface area contributed by atoms with Crippen LogP contribution in [0.5, 0.6) is 0 Å². The van der Waals surface area contributed by atoms with Crippen LogP contribution in [0.4, 0.5) is 4.39 Å². The zero-order valence-corrected chi connectivity index (χ0v) is 7.50. The first-order chi connectivity index (χ1) is 6.02. The molecule has 0 bridgehead atoms. The second kappa shape index (κ2) is 5.29. The second-order valence-electron chi connectivity index (χ2n) is 2.29. The van der Waals surface area contributed by atoms with E-state index in [0.717, 1.165) is 14.2 Å². The maximum Gasteiger partial charge on any atom is 0.340 e. The predicted molar refractivity (Wildman–Crippen MR) is 42.7 cm³/mol. The highest BCUT2D eigenvalue weighted by molar-refractivity contribution is 5.89. The minimum atomic E-state index is -1.86. The first kappa shape index (κ1) is 11.6. The molecule has 5 heteroatoms. The Kier molecular flexibility index (Phi) is 4.72. The molecule has 0 aliphatic carbocycles. The first-order valence-electron chi connectivity index (χ1n) is 3.51. The van der Waals surface area contributed by atoms with Crippen molar-refractivity contribution in [1.82, 2.24) is 0 Å². The van der Waals surface area contributed by atoms with Gasteiger partial charge in [0.2, 0.25) is 6.17 Å². The van der Waals surface area contributed by atoms with Gasteiger partial charge >= 0.3 is 11.9 Å². The van der Waals surface area contributed by atoms with Gasteiger partial charge in [0.1, 0.15) is 0 Å². The van der Waals surface area contributed by atoms with Crippen LogP contribution in [0.25, 0.3) is 0 Å². The lowest BCUT2D eigenvalue weighted by Crippen LogP contribution is -2.20. The fourth-order valence-corrected chi connectivity index (χ4v) is 0.655. The highest BCUT2D eigenvalue weighted by Crippen LogP contribution is 2.09. The molecule has 0 radical (unpaired) electrons. The van der Waals surface area contributed by atoms with Crippen molar-refractivity contribution >= 4 is 11.9 Å². The van der Waals surface area contributed by atoms with Crippen LogP contribution < -0.4 is 0 Å². The molecule has 0 spiro atoms. The standard InChI is InChI=1S/C8H11FO4/c1-5(7(10)12-2)4-6(9)8(11)13-3/h6H,1,4H2,2-3H3. The molecule has 4 nitrogen and oxygen atoms in total. The molecule has 74 valence electrons. The third-order valence-electron chi connectivity index (χ3n) is 1.36. The number of alkyl halides is 1. The molecule has 0 rings (SSSR count). The van der Waals surface area contributed by atoms with Crippen LogP contribution in [0.15, 0.2) is 12.2 Å². The molecule has 0 aromatic heterocycles. The topological polar surface area (TPSA) is 52.6 Å². The Balaban J connectivity index is 4.06. The van der Waals surface area contributed by atoms with Gasteiger partial charge in [-0.15, -0.1) is 0 Å². The third-order valence-corrected chi connectivity index (χ3v) is 1.36. The Morgan fingerprint density at radius 1 is 1.38 bits per heavy atom. The molecule has 0 N–H and O–H groups in total. The molecule has 0 fully saturated rings. The molecule has 0 saturated carbocycles. The first-order valence-corrected chi connectivity index (χ1v) is 3.51. The summed E-state index contributed by atoms with van der Waals surface area (Å²) in [7, 11) is 2.22. The Morgan fingerprint density at radius 3 is 2.31 bits per heavy atom. The third kappa shape index (κ3) is 3.68. The van der Waals surface area contributed by atoms with Gasteiger partial charge in [0.25, 0.3) is 0 Å². The van der Waals surface area contributed by atoms with Gasteiger partial charge in [0.15, 0.2) is 0 Å². The van der Waals surface area contributed by atoms with E-state index in [1.807, 2.05) is 0 Å². The summed E-state index contributed by atoms with van der Waals surface area (Å²) in [6.07, 6.45) is -2.27. The SMILES string of the molecule is C=C(CC(F)C(=O)OC)C(=O)OC. The van der Waals surface area contributed by atoms with Gasteiger partial charge in [0, 0.05) is 12.0 Å². The van der Waals surface area contributed by atoms with Crippen molar-refractivity contribution in [1.29, 1.82) is 0 Å². The molecule has 0 amide bonds. The van der Waals surface area contributed by atoms with Gasteiger partial charge in [-0.3, -0.25) is 0 Å². The Bertz CT molecular complexity index is 224. The van der Waals surface area contributed by atoms with Crippen LogP contribution in [0.2, 0.25) is 0 Å². The van der Waals surface area contributed by atoms with Crippen LogP contribution in [-0.4, -0.2) is 32.3 Å². The lowest BCUT2D eigenvalue weighted by Gasteiger charge is -2.06. The maximum absolute atomic E-state index is 12.8. The van der Waals surface area contributed by atoms with Crippen molar-refractivity contribution in [3.8, 4) is 0 Å². The number of hydrogen-bond donors (Lipinski definition) is 0. The van der Waals surface area contributed by atoms with Crippen LogP contribution in [-0.2, 0) is 19.1 Å². The molecule has 0 saturated heterocycles. The van der Waals surface area contributed by atoms with E-state index in [9.17, 15) is 14.0 Å². The largest absolute Gasteiger partial charge is 0.467 e. The number of hydrogen-bond acceptors (Lipinski definition) is 4. The molecule has 0 heterocycles. The lowest BCUT2D eigenvalue weighted by atomic mass is 10.1. The number of methoxy groups -OCH3 is 2. The summed E-state index contributed by atoms with van der Waals surface area (Å²) in [4.78, 5) is 21.3. The summed E-state index contributed by atoms with van der Waals surface area (Å²) in [6.45, 7) is 3.26. The van der Waals surface area contributed by atoms with Crippen LogP contribution in [0, 0.1) is 0 Å². The lowest BCUT2D eigenvalue weighted by molar-refractivity contribution is -0.146. The van der Waals surface area contributed by atoms with Crippen molar-refractivity contribution in [2.45, 2.75) is 12.6 Å². The minimum absolute atomic E-state index is 0.0969. The summed E-state index contributed by atoms with van der Waals surface area (Å²) in [5.74, 6) is -1.75. The number of rotatable bonds is 4. The average molecular weight is 190 g/mol. The average Bonchev–Trinajstić information content (AvgIpc) is 2.14. The van der Waals surface area contributed by atoms with Crippen molar-refractivity contribution in [3.63, 3.8) is 0 Å². The van der Waals surface area contributed by atoms with Crippen molar-refractivity contribution in [2.24, 2.45) is 0 Å². The van der Waals surface area contributed by atoms with E-state index in [1.165, 1.54) is 0 Å². The maximum atomic E-state index is 12.8. The van der Waals surface area contributed by atoms with Gasteiger partial charge in [-0.2, -0.15) is 0 Å². The van der Waals surface area contributed by atoms with E-state index in [2.05, 4.69) is 16.1 Å². The fourth-order valence-electron chi connectivity index (χ4n) is 0.655. The summed E-state index contributed by atoms with van der Waals surface area (Å²) in [5, 5.41) is 0. The van der Waals surface area contributed by atoms with E-state index in [-0.39, 0.29) is 5.57 Å². The summed E-state index contributed by atoms with van der Waals surface area (Å²) in [5.41, 5.74) is -0.0969. The van der Waals surface area contributed by atoms with E-state index < -0.39 is 24.5 Å². The van der Waals surface area contributed by atoms with Crippen LogP contribution >= 0.6 is 0 Å². The highest BCUT2D eigenvalue weighted by atomic mass is 19.1. The van der Waals surface area contributed by atoms with E-state index in [0.29, 0.717) is 0 Å². The number of esters is 2. The Hall–Kier alpha value is -1.39. The molecular weight excluding hydrogens is 179 g/mol. The Morgan fingerprint density at radius 2 is 1.92 bits per heavy atom. The van der Waals surface area contributed by atoms with Gasteiger partial charge in [0.05, 0.1) is 14.2 Å². The van der Waals surface area contributed by atoms with Gasteiger partial charge in [-0.1, -0.05) is 6.58 Å².